The number of amides is 4. The molecule has 10 N–H and O–H groups in total. The monoisotopic (exact) mass is 648 g/mol. The summed E-state index contributed by atoms with van der Waals surface area (Å²) < 4.78 is 28.6. The molecule has 46 heavy (non-hydrogen) atoms. The van der Waals surface area contributed by atoms with E-state index in [0.717, 1.165) is 0 Å². The van der Waals surface area contributed by atoms with E-state index in [-0.39, 0.29) is 36.4 Å². The van der Waals surface area contributed by atoms with Crippen LogP contribution >= 0.6 is 0 Å². The molecule has 252 valence electrons. The van der Waals surface area contributed by atoms with Gasteiger partial charge in [-0.2, -0.15) is 0 Å². The second-order valence-electron chi connectivity index (χ2n) is 11.9. The van der Waals surface area contributed by atoms with E-state index < -0.39 is 73.7 Å². The van der Waals surface area contributed by atoms with Crippen molar-refractivity contribution in [3.8, 4) is 0 Å². The number of alkyl halides is 2. The summed E-state index contributed by atoms with van der Waals surface area (Å²) in [5, 5.41) is 27.4. The maximum absolute atomic E-state index is 14.3. The van der Waals surface area contributed by atoms with Crippen LogP contribution in [0.5, 0.6) is 0 Å². The molecule has 0 spiro atoms. The van der Waals surface area contributed by atoms with Gasteiger partial charge in [0, 0.05) is 24.7 Å². The van der Waals surface area contributed by atoms with Crippen molar-refractivity contribution in [2.45, 2.75) is 82.4 Å². The lowest BCUT2D eigenvalue weighted by molar-refractivity contribution is -0.138. The molecule has 0 radical (unpaired) electrons. The Morgan fingerprint density at radius 2 is 1.76 bits per heavy atom. The van der Waals surface area contributed by atoms with Crippen LogP contribution in [0.3, 0.4) is 0 Å². The quantitative estimate of drug-likeness (QED) is 0.0680. The SMILES string of the molecule is CC(C)CC(NC(=O)C(CCCCN)NC(=O)c1ccccc1N)C(=O)NC(Cc1c[nH]cn1)C(=O)N1CC(F)(F)CC1B(O)O. The van der Waals surface area contributed by atoms with Crippen molar-refractivity contribution in [3.63, 3.8) is 0 Å². The van der Waals surface area contributed by atoms with Gasteiger partial charge in [-0.3, -0.25) is 19.2 Å². The Balaban J connectivity index is 1.83. The molecule has 1 aliphatic heterocycles. The van der Waals surface area contributed by atoms with Gasteiger partial charge in [0.15, 0.2) is 0 Å². The first kappa shape index (κ1) is 36.4. The summed E-state index contributed by atoms with van der Waals surface area (Å²) in [7, 11) is -2.23. The van der Waals surface area contributed by atoms with Gasteiger partial charge >= 0.3 is 7.12 Å². The van der Waals surface area contributed by atoms with Crippen LogP contribution < -0.4 is 27.4 Å². The third kappa shape index (κ3) is 10.2. The minimum absolute atomic E-state index is 0.114. The van der Waals surface area contributed by atoms with Gasteiger partial charge in [-0.1, -0.05) is 26.0 Å². The van der Waals surface area contributed by atoms with Crippen LogP contribution in [-0.4, -0.2) is 98.7 Å². The molecule has 1 aromatic heterocycles. The lowest BCUT2D eigenvalue weighted by Gasteiger charge is -2.30. The summed E-state index contributed by atoms with van der Waals surface area (Å²) in [5.41, 5.74) is 12.3. The molecule has 17 heteroatoms. The topological polar surface area (TPSA) is 229 Å². The summed E-state index contributed by atoms with van der Waals surface area (Å²) in [6.45, 7) is 2.94. The summed E-state index contributed by atoms with van der Waals surface area (Å²) in [4.78, 5) is 61.3. The third-order valence-corrected chi connectivity index (χ3v) is 7.63. The molecule has 1 aromatic carbocycles. The number of likely N-dealkylation sites (tertiary alicyclic amines) is 1. The maximum Gasteiger partial charge on any atom is 0.475 e. The fraction of sp³-hybridized carbons (Fsp3) is 0.552. The van der Waals surface area contributed by atoms with Gasteiger partial charge in [0.05, 0.1) is 30.1 Å². The van der Waals surface area contributed by atoms with Crippen molar-refractivity contribution in [1.82, 2.24) is 30.8 Å². The first-order valence-corrected chi connectivity index (χ1v) is 15.2. The summed E-state index contributed by atoms with van der Waals surface area (Å²) in [6, 6.07) is 2.69. The predicted octanol–water partition coefficient (Wildman–Crippen LogP) is -0.274. The van der Waals surface area contributed by atoms with Crippen LogP contribution in [0.25, 0.3) is 0 Å². The Morgan fingerprint density at radius 1 is 1.09 bits per heavy atom. The molecule has 14 nitrogen and oxygen atoms in total. The molecule has 4 amide bonds. The number of rotatable bonds is 16. The van der Waals surface area contributed by atoms with Gasteiger partial charge in [-0.25, -0.2) is 13.8 Å². The van der Waals surface area contributed by atoms with E-state index in [2.05, 4.69) is 25.9 Å². The number of aromatic amines is 1. The zero-order chi connectivity index (χ0) is 34.0. The lowest BCUT2D eigenvalue weighted by atomic mass is 9.77. The minimum Gasteiger partial charge on any atom is -0.426 e. The Hall–Kier alpha value is -4.09. The summed E-state index contributed by atoms with van der Waals surface area (Å²) >= 11 is 0. The fourth-order valence-electron chi connectivity index (χ4n) is 5.32. The van der Waals surface area contributed by atoms with Crippen molar-refractivity contribution in [2.24, 2.45) is 11.7 Å². The number of imidazole rings is 1. The van der Waals surface area contributed by atoms with Gasteiger partial charge in [0.25, 0.3) is 11.8 Å². The number of halogens is 2. The number of carbonyl (C=O) groups excluding carboxylic acids is 4. The molecule has 2 aromatic rings. The number of carbonyl (C=O) groups is 4. The molecule has 4 unspecified atom stereocenters. The predicted molar refractivity (Wildman–Crippen MR) is 166 cm³/mol. The molecule has 2 heterocycles. The lowest BCUT2D eigenvalue weighted by Crippen LogP contribution is -2.59. The third-order valence-electron chi connectivity index (χ3n) is 7.63. The molecule has 4 atom stereocenters. The second kappa shape index (κ2) is 16.5. The van der Waals surface area contributed by atoms with Gasteiger partial charge in [-0.05, 0) is 50.3 Å². The zero-order valence-electron chi connectivity index (χ0n) is 25.9. The van der Waals surface area contributed by atoms with E-state index >= 15 is 0 Å². The fourth-order valence-corrected chi connectivity index (χ4v) is 5.32. The van der Waals surface area contributed by atoms with Gasteiger partial charge in [-0.15, -0.1) is 0 Å². The second-order valence-corrected chi connectivity index (χ2v) is 11.9. The van der Waals surface area contributed by atoms with Crippen LogP contribution in [0.2, 0.25) is 0 Å². The summed E-state index contributed by atoms with van der Waals surface area (Å²) in [6.07, 6.45) is 3.07. The van der Waals surface area contributed by atoms with Crippen LogP contribution in [0.15, 0.2) is 36.8 Å². The van der Waals surface area contributed by atoms with E-state index in [1.165, 1.54) is 18.6 Å². The number of hydrogen-bond acceptors (Lipinski definition) is 9. The Bertz CT molecular complexity index is 1330. The first-order chi connectivity index (χ1) is 21.7. The standard InChI is InChI=1S/C29H43BF2N8O6/c1-17(2)11-22(38-26(42)21(9-5-6-10-33)37-25(41)19-7-3-4-8-20(19)34)27(43)39-23(12-18-14-35-16-36-18)28(44)40-15-29(31,32)13-24(40)30(45)46/h3-4,7-8,14,16-17,21-24,45-46H,5-6,9-13,15,33-34H2,1-2H3,(H,35,36)(H,37,41)(H,38,42)(H,39,43). The van der Waals surface area contributed by atoms with E-state index in [1.807, 2.05) is 13.8 Å². The highest BCUT2D eigenvalue weighted by Crippen LogP contribution is 2.33. The molecule has 1 aliphatic rings. The van der Waals surface area contributed by atoms with E-state index in [4.69, 9.17) is 11.5 Å². The molecule has 1 fully saturated rings. The molecule has 0 bridgehead atoms. The molecule has 0 aliphatic carbocycles. The molecule has 0 saturated carbocycles. The molecule has 3 rings (SSSR count). The van der Waals surface area contributed by atoms with Crippen molar-refractivity contribution < 1.29 is 38.0 Å². The number of aromatic nitrogens is 2. The number of nitrogens with zero attached hydrogens (tertiary/aromatic N) is 2. The number of unbranched alkanes of at least 4 members (excludes halogenated alkanes) is 1. The number of benzene rings is 1. The molecular formula is C29H43BF2N8O6. The first-order valence-electron chi connectivity index (χ1n) is 15.2. The number of para-hydroxylation sites is 1. The molecular weight excluding hydrogens is 605 g/mol. The molecule has 1 saturated heterocycles. The number of hydrogen-bond donors (Lipinski definition) is 8. The average Bonchev–Trinajstić information content (AvgIpc) is 3.62. The smallest absolute Gasteiger partial charge is 0.426 e. The van der Waals surface area contributed by atoms with Gasteiger partial charge < -0.3 is 47.3 Å². The van der Waals surface area contributed by atoms with Crippen LogP contribution in [0, 0.1) is 5.92 Å². The Morgan fingerprint density at radius 3 is 2.37 bits per heavy atom. The number of H-pyrrole nitrogens is 1. The van der Waals surface area contributed by atoms with E-state index in [1.54, 1.807) is 18.2 Å². The highest BCUT2D eigenvalue weighted by Gasteiger charge is 2.52. The zero-order valence-corrected chi connectivity index (χ0v) is 25.9. The average molecular weight is 649 g/mol. The van der Waals surface area contributed by atoms with Crippen molar-refractivity contribution in [3.05, 3.63) is 48.0 Å². The summed E-state index contributed by atoms with van der Waals surface area (Å²) in [5.74, 6) is -8.05. The highest BCUT2D eigenvalue weighted by molar-refractivity contribution is 6.43. The normalized spacial score (nSPS) is 17.7. The Kier molecular flexibility index (Phi) is 13.0. The van der Waals surface area contributed by atoms with Crippen molar-refractivity contribution >= 4 is 36.4 Å². The Labute approximate surface area is 266 Å². The maximum atomic E-state index is 14.3. The number of nitrogens with one attached hydrogen (secondary N) is 4. The van der Waals surface area contributed by atoms with Crippen molar-refractivity contribution in [1.29, 1.82) is 0 Å². The number of anilines is 1. The minimum atomic E-state index is -3.37. The largest absolute Gasteiger partial charge is 0.475 e. The van der Waals surface area contributed by atoms with Crippen molar-refractivity contribution in [2.75, 3.05) is 18.8 Å². The number of nitrogens with two attached hydrogens (primary N) is 2. The van der Waals surface area contributed by atoms with E-state index in [9.17, 15) is 38.0 Å². The van der Waals surface area contributed by atoms with Gasteiger partial charge in [0.2, 0.25) is 17.7 Å². The van der Waals surface area contributed by atoms with E-state index in [0.29, 0.717) is 30.0 Å². The van der Waals surface area contributed by atoms with Crippen LogP contribution in [-0.2, 0) is 20.8 Å². The number of nitrogen functional groups attached to an aromatic ring is 1. The van der Waals surface area contributed by atoms with Crippen LogP contribution in [0.4, 0.5) is 14.5 Å². The van der Waals surface area contributed by atoms with Crippen LogP contribution in [0.1, 0.15) is 62.0 Å². The highest BCUT2D eigenvalue weighted by atomic mass is 19.3. The van der Waals surface area contributed by atoms with Gasteiger partial charge in [0.1, 0.15) is 18.1 Å².